The summed E-state index contributed by atoms with van der Waals surface area (Å²) in [4.78, 5) is 0. The summed E-state index contributed by atoms with van der Waals surface area (Å²) in [6, 6.07) is 82.7. The molecule has 0 amide bonds. The van der Waals surface area contributed by atoms with Crippen molar-refractivity contribution in [2.75, 3.05) is 20.0 Å². The zero-order valence-electron chi connectivity index (χ0n) is 41.8. The average molecular weight is 1300 g/mol. The third-order valence-electron chi connectivity index (χ3n) is 14.8. The summed E-state index contributed by atoms with van der Waals surface area (Å²) in [5.74, 6) is 0. The van der Waals surface area contributed by atoms with Gasteiger partial charge in [0.1, 0.15) is 69.5 Å². The minimum absolute atomic E-state index is 0. The van der Waals surface area contributed by atoms with Crippen LogP contribution in [0.25, 0.3) is 0 Å². The molecule has 0 aromatic heterocycles. The highest BCUT2D eigenvalue weighted by molar-refractivity contribution is 7.96. The second-order valence-corrected chi connectivity index (χ2v) is 29.6. The van der Waals surface area contributed by atoms with E-state index in [1.165, 1.54) is 97.5 Å². The third-order valence-corrected chi connectivity index (χ3v) is 26.6. The number of hydrogen-bond acceptors (Lipinski definition) is 0. The van der Waals surface area contributed by atoms with Gasteiger partial charge >= 0.3 is 0 Å². The molecule has 0 bridgehead atoms. The maximum absolute atomic E-state index is 2.56. The van der Waals surface area contributed by atoms with Crippen molar-refractivity contribution in [3.8, 4) is 0 Å². The van der Waals surface area contributed by atoms with Crippen molar-refractivity contribution in [3.05, 3.63) is 252 Å². The molecule has 0 aliphatic heterocycles. The van der Waals surface area contributed by atoms with E-state index in [9.17, 15) is 0 Å². The second-order valence-electron chi connectivity index (χ2n) is 18.9. The lowest BCUT2D eigenvalue weighted by molar-refractivity contribution is -0.00100. The fraction of sp³-hybridized carbons (Fsp3) is 0.143. The van der Waals surface area contributed by atoms with Gasteiger partial charge in [0.2, 0.25) is 6.71 Å². The maximum Gasteiger partial charge on any atom is 0.243 e. The Labute approximate surface area is 473 Å². The van der Waals surface area contributed by atoms with Gasteiger partial charge in [-0.1, -0.05) is 159 Å². The average Bonchev–Trinajstić information content (AvgIpc) is 3.36. The van der Waals surface area contributed by atoms with E-state index in [1.807, 2.05) is 0 Å². The molecule has 70 heavy (non-hydrogen) atoms. The first-order valence-electron chi connectivity index (χ1n) is 23.6. The highest BCUT2D eigenvalue weighted by Gasteiger charge is 2.45. The SMILES string of the molecule is Cc1cc([P+](C)(c2ccccc2)c2ccccc2)cc(C)c1B(c1c(C)cc([P+](C)(c2ccccc2)c2ccccc2)cc1C)c1c(C)cc([P+](C)(c2ccccc2)c2ccccc2)cc1C.[I-].[I-].[I-]. The van der Waals surface area contributed by atoms with E-state index in [0.29, 0.717) is 0 Å². The van der Waals surface area contributed by atoms with Gasteiger partial charge in [-0.05, 0) is 151 Å². The molecule has 0 aliphatic rings. The second kappa shape index (κ2) is 23.6. The van der Waals surface area contributed by atoms with Gasteiger partial charge in [-0.2, -0.15) is 0 Å². The fourth-order valence-corrected chi connectivity index (χ4v) is 21.1. The monoisotopic (exact) mass is 1300 g/mol. The lowest BCUT2D eigenvalue weighted by Gasteiger charge is -2.31. The first kappa shape index (κ1) is 55.8. The van der Waals surface area contributed by atoms with Crippen molar-refractivity contribution in [3.63, 3.8) is 0 Å². The van der Waals surface area contributed by atoms with Crippen molar-refractivity contribution in [2.24, 2.45) is 0 Å². The molecule has 0 atom stereocenters. The first-order chi connectivity index (χ1) is 32.4. The lowest BCUT2D eigenvalue weighted by atomic mass is 9.33. The normalized spacial score (nSPS) is 11.4. The van der Waals surface area contributed by atoms with Crippen LogP contribution in [0.15, 0.2) is 218 Å². The van der Waals surface area contributed by atoms with Gasteiger partial charge in [-0.3, -0.25) is 0 Å². The number of halogens is 3. The molecule has 0 fully saturated rings. The number of benzene rings is 9. The topological polar surface area (TPSA) is 0 Å². The van der Waals surface area contributed by atoms with Crippen LogP contribution in [-0.2, 0) is 0 Å². The van der Waals surface area contributed by atoms with E-state index in [1.54, 1.807) is 0 Å². The van der Waals surface area contributed by atoms with E-state index in [0.717, 1.165) is 0 Å². The predicted octanol–water partition coefficient (Wildman–Crippen LogP) is 0.836. The Morgan fingerprint density at radius 3 is 0.514 bits per heavy atom. The Bertz CT molecular complexity index is 2640. The van der Waals surface area contributed by atoms with Crippen LogP contribution in [0, 0.1) is 41.5 Å². The Balaban J connectivity index is 0.00000268. The maximum atomic E-state index is 2.56. The van der Waals surface area contributed by atoms with Crippen molar-refractivity contribution >= 4 is 92.6 Å². The van der Waals surface area contributed by atoms with Gasteiger partial charge in [0.05, 0.1) is 20.0 Å². The van der Waals surface area contributed by atoms with Crippen molar-refractivity contribution in [1.82, 2.24) is 0 Å². The minimum atomic E-state index is -1.97. The Morgan fingerprint density at radius 1 is 0.229 bits per heavy atom. The van der Waals surface area contributed by atoms with Crippen LogP contribution in [0.4, 0.5) is 0 Å². The van der Waals surface area contributed by atoms with Gasteiger partial charge in [0.25, 0.3) is 0 Å². The van der Waals surface area contributed by atoms with Gasteiger partial charge < -0.3 is 71.9 Å². The molecule has 0 saturated carbocycles. The Hall–Kier alpha value is -3.48. The van der Waals surface area contributed by atoms with Crippen molar-refractivity contribution in [2.45, 2.75) is 41.5 Å². The van der Waals surface area contributed by atoms with E-state index in [-0.39, 0.29) is 78.6 Å². The summed E-state index contributed by atoms with van der Waals surface area (Å²) in [6.45, 7) is 21.9. The molecular weight excluding hydrogens is 1240 g/mol. The van der Waals surface area contributed by atoms with Gasteiger partial charge in [0, 0.05) is 0 Å². The van der Waals surface area contributed by atoms with Gasteiger partial charge in [-0.25, -0.2) is 0 Å². The van der Waals surface area contributed by atoms with E-state index in [2.05, 4.69) is 280 Å². The molecule has 354 valence electrons. The van der Waals surface area contributed by atoms with Crippen LogP contribution in [0.5, 0.6) is 0 Å². The molecule has 0 saturated heterocycles. The first-order valence-corrected chi connectivity index (χ1v) is 30.4. The molecule has 0 radical (unpaired) electrons. The van der Waals surface area contributed by atoms with Crippen molar-refractivity contribution in [1.29, 1.82) is 0 Å². The van der Waals surface area contributed by atoms with E-state index in [4.69, 9.17) is 0 Å². The molecule has 0 N–H and O–H groups in total. The summed E-state index contributed by atoms with van der Waals surface area (Å²) in [5.41, 5.74) is 12.3. The number of rotatable bonds is 12. The van der Waals surface area contributed by atoms with Crippen LogP contribution in [0.3, 0.4) is 0 Å². The van der Waals surface area contributed by atoms with Crippen LogP contribution in [0.2, 0.25) is 0 Å². The molecule has 9 aromatic rings. The Kier molecular flexibility index (Phi) is 18.8. The highest BCUT2D eigenvalue weighted by Crippen LogP contribution is 2.54. The lowest BCUT2D eigenvalue weighted by Crippen LogP contribution is -3.00. The van der Waals surface area contributed by atoms with E-state index < -0.39 is 21.8 Å². The predicted molar refractivity (Wildman–Crippen MR) is 306 cm³/mol. The minimum Gasteiger partial charge on any atom is -1.00 e. The molecule has 9 rings (SSSR count). The summed E-state index contributed by atoms with van der Waals surface area (Å²) >= 11 is 0. The van der Waals surface area contributed by atoms with Crippen LogP contribution >= 0.6 is 21.8 Å². The molecule has 0 heterocycles. The summed E-state index contributed by atoms with van der Waals surface area (Å²) in [5, 5.41) is 12.7. The third kappa shape index (κ3) is 10.4. The zero-order valence-corrected chi connectivity index (χ0v) is 51.0. The molecule has 0 spiro atoms. The summed E-state index contributed by atoms with van der Waals surface area (Å²) in [6.07, 6.45) is 0. The molecule has 0 unspecified atom stereocenters. The van der Waals surface area contributed by atoms with Gasteiger partial charge in [-0.15, -0.1) is 0 Å². The highest BCUT2D eigenvalue weighted by atomic mass is 127. The quantitative estimate of drug-likeness (QED) is 0.0969. The van der Waals surface area contributed by atoms with E-state index >= 15 is 0 Å². The number of hydrogen-bond donors (Lipinski definition) is 0. The smallest absolute Gasteiger partial charge is 0.243 e. The summed E-state index contributed by atoms with van der Waals surface area (Å²) < 4.78 is 0. The van der Waals surface area contributed by atoms with Crippen molar-refractivity contribution < 1.29 is 71.9 Å². The molecule has 7 heteroatoms. The van der Waals surface area contributed by atoms with Gasteiger partial charge in [0.15, 0.2) is 0 Å². The molecule has 0 aliphatic carbocycles. The van der Waals surface area contributed by atoms with Crippen LogP contribution in [0.1, 0.15) is 33.4 Å². The number of aryl methyl sites for hydroxylation is 6. The standard InChI is InChI=1S/C63H63BP3.3HI/c1-46-40-58(65(7,52-28-16-10-17-29-52)53-30-18-11-19-31-53)41-47(2)61(46)64(62-48(3)42-59(43-49(62)4)66(8,54-32-20-12-21-33-54)55-34-22-13-23-35-55)63-50(5)44-60(45-51(63)6)67(9,56-36-24-14-25-37-56)57-38-26-15-27-39-57;;;/h10-45H,1-9H3;3*1H/q+3;;;/p-3. The molecule has 0 nitrogen and oxygen atoms in total. The fourth-order valence-electron chi connectivity index (χ4n) is 11.1. The molecular formula is C63H63BI3P3. The van der Waals surface area contributed by atoms with Crippen LogP contribution < -0.4 is 136 Å². The Morgan fingerprint density at radius 2 is 0.371 bits per heavy atom. The summed E-state index contributed by atoms with van der Waals surface area (Å²) in [7, 11) is -5.92. The van der Waals surface area contributed by atoms with Crippen LogP contribution in [-0.4, -0.2) is 26.7 Å². The zero-order chi connectivity index (χ0) is 46.9. The molecule has 9 aromatic carbocycles. The largest absolute Gasteiger partial charge is 1.00 e.